The van der Waals surface area contributed by atoms with Gasteiger partial charge in [0.05, 0.1) is 11.8 Å². The lowest BCUT2D eigenvalue weighted by atomic mass is 9.94. The van der Waals surface area contributed by atoms with Crippen molar-refractivity contribution < 1.29 is 22.8 Å². The first-order valence-electron chi connectivity index (χ1n) is 9.55. The summed E-state index contributed by atoms with van der Waals surface area (Å²) < 4.78 is 41.0. The van der Waals surface area contributed by atoms with Gasteiger partial charge in [-0.25, -0.2) is 0 Å². The molecule has 5 nitrogen and oxygen atoms in total. The molecule has 3 rings (SSSR count). The molecule has 1 aromatic carbocycles. The number of hydrogen-bond donors (Lipinski definition) is 1. The maximum Gasteiger partial charge on any atom is 0.393 e. The molecule has 2 heterocycles. The Bertz CT molecular complexity index is 730. The third-order valence-corrected chi connectivity index (χ3v) is 5.45. The number of rotatable bonds is 3. The number of aryl methyl sites for hydroxylation is 2. The van der Waals surface area contributed by atoms with Crippen LogP contribution < -0.4 is 5.32 Å². The molecule has 2 atom stereocenters. The van der Waals surface area contributed by atoms with Crippen molar-refractivity contribution in [3.05, 3.63) is 34.9 Å². The molecule has 2 fully saturated rings. The topological polar surface area (TPSA) is 52.7 Å². The van der Waals surface area contributed by atoms with Gasteiger partial charge in [-0.1, -0.05) is 29.3 Å². The molecule has 2 aliphatic heterocycles. The predicted octanol–water partition coefficient (Wildman–Crippen LogP) is 2.26. The summed E-state index contributed by atoms with van der Waals surface area (Å²) in [7, 11) is 0. The van der Waals surface area contributed by atoms with E-state index in [4.69, 9.17) is 0 Å². The summed E-state index contributed by atoms with van der Waals surface area (Å²) in [5.41, 5.74) is 3.09. The van der Waals surface area contributed by atoms with Gasteiger partial charge in [0.25, 0.3) is 0 Å². The number of carbonyl (C=O) groups excluding carboxylic acids is 2. The van der Waals surface area contributed by atoms with Crippen LogP contribution in [0.1, 0.15) is 23.1 Å². The number of alkyl halides is 3. The standard InChI is InChI=1S/C20H26F3N3O2/c1-13-7-14(2)9-15(8-13)10-25-11-16(17(12-25)20(21,22)23)19(28)26-5-3-18(27)24-4-6-26/h7-9,16-17H,3-6,10-12H2,1-2H3,(H,24,27)/t16-,17-/m0/s1. The number of amides is 2. The molecule has 0 aliphatic carbocycles. The lowest BCUT2D eigenvalue weighted by Crippen LogP contribution is -2.44. The molecule has 0 aromatic heterocycles. The number of halogens is 3. The number of carbonyl (C=O) groups is 2. The van der Waals surface area contributed by atoms with Crippen LogP contribution in [-0.4, -0.2) is 60.5 Å². The predicted molar refractivity (Wildman–Crippen MR) is 98.4 cm³/mol. The second-order valence-corrected chi connectivity index (χ2v) is 7.87. The average molecular weight is 397 g/mol. The van der Waals surface area contributed by atoms with E-state index in [-0.39, 0.29) is 45.1 Å². The van der Waals surface area contributed by atoms with E-state index in [0.29, 0.717) is 6.54 Å². The van der Waals surface area contributed by atoms with Crippen LogP contribution in [0.2, 0.25) is 0 Å². The van der Waals surface area contributed by atoms with Crippen molar-refractivity contribution >= 4 is 11.8 Å². The Labute approximate surface area is 162 Å². The molecule has 2 saturated heterocycles. The molecule has 1 N–H and O–H groups in total. The average Bonchev–Trinajstić information content (AvgIpc) is 2.88. The summed E-state index contributed by atoms with van der Waals surface area (Å²) in [5.74, 6) is -3.48. The molecule has 0 radical (unpaired) electrons. The number of nitrogens with one attached hydrogen (secondary N) is 1. The highest BCUT2D eigenvalue weighted by Crippen LogP contribution is 2.39. The van der Waals surface area contributed by atoms with Crippen molar-refractivity contribution in [3.8, 4) is 0 Å². The van der Waals surface area contributed by atoms with E-state index in [0.717, 1.165) is 16.7 Å². The van der Waals surface area contributed by atoms with Gasteiger partial charge in [0.1, 0.15) is 0 Å². The summed E-state index contributed by atoms with van der Waals surface area (Å²) in [5, 5.41) is 2.65. The number of hydrogen-bond acceptors (Lipinski definition) is 3. The van der Waals surface area contributed by atoms with Crippen LogP contribution in [0.4, 0.5) is 13.2 Å². The van der Waals surface area contributed by atoms with Crippen LogP contribution in [0, 0.1) is 25.7 Å². The first-order chi connectivity index (χ1) is 13.1. The van der Waals surface area contributed by atoms with E-state index in [1.165, 1.54) is 4.90 Å². The molecule has 0 saturated carbocycles. The molecule has 1 aromatic rings. The Morgan fingerprint density at radius 1 is 1.14 bits per heavy atom. The van der Waals surface area contributed by atoms with Gasteiger partial charge in [-0.05, 0) is 19.4 Å². The minimum Gasteiger partial charge on any atom is -0.354 e. The molecule has 2 amide bonds. The summed E-state index contributed by atoms with van der Waals surface area (Å²) in [6.45, 7) is 4.90. The van der Waals surface area contributed by atoms with Crippen molar-refractivity contribution in [3.63, 3.8) is 0 Å². The molecule has 154 valence electrons. The number of benzene rings is 1. The van der Waals surface area contributed by atoms with Gasteiger partial charge in [0.2, 0.25) is 11.8 Å². The van der Waals surface area contributed by atoms with Crippen molar-refractivity contribution in [2.24, 2.45) is 11.8 Å². The Hall–Kier alpha value is -2.09. The van der Waals surface area contributed by atoms with Crippen LogP contribution >= 0.6 is 0 Å². The Morgan fingerprint density at radius 3 is 2.46 bits per heavy atom. The van der Waals surface area contributed by atoms with Gasteiger partial charge in [0.15, 0.2) is 0 Å². The highest BCUT2D eigenvalue weighted by Gasteiger charge is 2.53. The molecule has 0 bridgehead atoms. The van der Waals surface area contributed by atoms with Crippen LogP contribution in [0.25, 0.3) is 0 Å². The van der Waals surface area contributed by atoms with Crippen LogP contribution in [0.3, 0.4) is 0 Å². The molecule has 2 aliphatic rings. The summed E-state index contributed by atoms with van der Waals surface area (Å²) >= 11 is 0. The fourth-order valence-corrected chi connectivity index (χ4v) is 4.24. The third kappa shape index (κ3) is 4.84. The van der Waals surface area contributed by atoms with Crippen molar-refractivity contribution in [2.45, 2.75) is 33.0 Å². The Morgan fingerprint density at radius 2 is 1.82 bits per heavy atom. The summed E-state index contributed by atoms with van der Waals surface area (Å²) in [4.78, 5) is 27.5. The van der Waals surface area contributed by atoms with Gasteiger partial charge in [-0.15, -0.1) is 0 Å². The zero-order valence-electron chi connectivity index (χ0n) is 16.2. The monoisotopic (exact) mass is 397 g/mol. The van der Waals surface area contributed by atoms with Gasteiger partial charge >= 0.3 is 6.18 Å². The SMILES string of the molecule is Cc1cc(C)cc(CN2C[C@H](C(=O)N3CCNC(=O)CC3)[C@@H](C(F)(F)F)C2)c1. The normalized spacial score (nSPS) is 24.2. The van der Waals surface area contributed by atoms with Crippen molar-refractivity contribution in [1.82, 2.24) is 15.1 Å². The fourth-order valence-electron chi connectivity index (χ4n) is 4.24. The second-order valence-electron chi connectivity index (χ2n) is 7.87. The van der Waals surface area contributed by atoms with E-state index in [1.807, 2.05) is 32.0 Å². The molecule has 8 heteroatoms. The maximum absolute atomic E-state index is 13.7. The quantitative estimate of drug-likeness (QED) is 0.851. The van der Waals surface area contributed by atoms with Crippen molar-refractivity contribution in [2.75, 3.05) is 32.7 Å². The van der Waals surface area contributed by atoms with E-state index < -0.39 is 23.9 Å². The van der Waals surface area contributed by atoms with Crippen LogP contribution in [-0.2, 0) is 16.1 Å². The third-order valence-electron chi connectivity index (χ3n) is 5.45. The summed E-state index contributed by atoms with van der Waals surface area (Å²) in [6.07, 6.45) is -4.31. The fraction of sp³-hybridized carbons (Fsp3) is 0.600. The largest absolute Gasteiger partial charge is 0.393 e. The molecule has 0 spiro atoms. The minimum atomic E-state index is -4.43. The Kier molecular flexibility index (Phi) is 5.98. The number of likely N-dealkylation sites (tertiary alicyclic amines) is 1. The second kappa shape index (κ2) is 8.11. The van der Waals surface area contributed by atoms with Crippen molar-refractivity contribution in [1.29, 1.82) is 0 Å². The van der Waals surface area contributed by atoms with Crippen LogP contribution in [0.5, 0.6) is 0 Å². The zero-order chi connectivity index (χ0) is 20.5. The van der Waals surface area contributed by atoms with E-state index in [2.05, 4.69) is 5.32 Å². The van der Waals surface area contributed by atoms with Crippen LogP contribution in [0.15, 0.2) is 18.2 Å². The summed E-state index contributed by atoms with van der Waals surface area (Å²) in [6, 6.07) is 5.96. The van der Waals surface area contributed by atoms with E-state index in [9.17, 15) is 22.8 Å². The first kappa shape index (κ1) is 20.6. The maximum atomic E-state index is 13.7. The highest BCUT2D eigenvalue weighted by molar-refractivity contribution is 5.82. The molecule has 28 heavy (non-hydrogen) atoms. The lowest BCUT2D eigenvalue weighted by molar-refractivity contribution is -0.186. The van der Waals surface area contributed by atoms with Gasteiger partial charge in [-0.3, -0.25) is 14.5 Å². The smallest absolute Gasteiger partial charge is 0.354 e. The minimum absolute atomic E-state index is 0.0773. The molecular weight excluding hydrogens is 371 g/mol. The molecule has 0 unspecified atom stereocenters. The van der Waals surface area contributed by atoms with E-state index >= 15 is 0 Å². The van der Waals surface area contributed by atoms with Gasteiger partial charge in [-0.2, -0.15) is 13.2 Å². The lowest BCUT2D eigenvalue weighted by Gasteiger charge is -2.27. The zero-order valence-corrected chi connectivity index (χ0v) is 16.2. The Balaban J connectivity index is 1.75. The highest BCUT2D eigenvalue weighted by atomic mass is 19.4. The van der Waals surface area contributed by atoms with E-state index in [1.54, 1.807) is 4.90 Å². The van der Waals surface area contributed by atoms with Gasteiger partial charge in [0, 0.05) is 45.7 Å². The van der Waals surface area contributed by atoms with Gasteiger partial charge < -0.3 is 10.2 Å². The first-order valence-corrected chi connectivity index (χ1v) is 9.55. The molecular formula is C20H26F3N3O2. The number of nitrogens with zero attached hydrogens (tertiary/aromatic N) is 2.